The third-order valence-corrected chi connectivity index (χ3v) is 5.09. The van der Waals surface area contributed by atoms with Crippen molar-refractivity contribution in [1.29, 1.82) is 0 Å². The predicted molar refractivity (Wildman–Crippen MR) is 96.8 cm³/mol. The Morgan fingerprint density at radius 3 is 2.17 bits per heavy atom. The highest BCUT2D eigenvalue weighted by atomic mass is 32.2. The van der Waals surface area contributed by atoms with Gasteiger partial charge in [0.25, 0.3) is 5.91 Å². The van der Waals surface area contributed by atoms with E-state index in [0.717, 1.165) is 16.7 Å². The lowest BCUT2D eigenvalue weighted by Gasteiger charge is -2.23. The minimum absolute atomic E-state index is 0.171. The van der Waals surface area contributed by atoms with Crippen molar-refractivity contribution in [1.82, 2.24) is 5.32 Å². The minimum atomic E-state index is -3.42. The molecule has 1 N–H and O–H groups in total. The van der Waals surface area contributed by atoms with Crippen LogP contribution in [0.15, 0.2) is 42.5 Å². The molecule has 0 heterocycles. The first-order chi connectivity index (χ1) is 11.2. The summed E-state index contributed by atoms with van der Waals surface area (Å²) in [4.78, 5) is 11.6. The molecule has 2 aromatic carbocycles. The highest BCUT2D eigenvalue weighted by molar-refractivity contribution is 7.92. The van der Waals surface area contributed by atoms with Gasteiger partial charge < -0.3 is 5.32 Å². The van der Waals surface area contributed by atoms with Crippen molar-refractivity contribution in [3.05, 3.63) is 64.7 Å². The number of sulfonamides is 1. The zero-order valence-electron chi connectivity index (χ0n) is 14.3. The second kappa shape index (κ2) is 7.05. The largest absolute Gasteiger partial charge is 0.355 e. The zero-order chi connectivity index (χ0) is 17.9. The number of carbonyl (C=O) groups excluding carboxylic acids is 1. The summed E-state index contributed by atoms with van der Waals surface area (Å²) in [5.41, 5.74) is 4.14. The first-order valence-electron chi connectivity index (χ1n) is 7.58. The molecule has 2 rings (SSSR count). The number of hydrogen-bond donors (Lipinski definition) is 1. The van der Waals surface area contributed by atoms with Gasteiger partial charge in [0, 0.05) is 12.6 Å². The highest BCUT2D eigenvalue weighted by Crippen LogP contribution is 2.23. The molecular weight excluding hydrogens is 324 g/mol. The Morgan fingerprint density at radius 1 is 1.04 bits per heavy atom. The van der Waals surface area contributed by atoms with Crippen LogP contribution in [-0.2, 0) is 16.6 Å². The second-order valence-corrected chi connectivity index (χ2v) is 7.72. The van der Waals surface area contributed by atoms with E-state index >= 15 is 0 Å². The van der Waals surface area contributed by atoms with Crippen molar-refractivity contribution in [3.8, 4) is 0 Å². The molecule has 1 amide bonds. The Bertz CT molecular complexity index is 843. The average Bonchev–Trinajstić information content (AvgIpc) is 2.54. The Hall–Kier alpha value is -2.34. The second-order valence-electron chi connectivity index (χ2n) is 5.81. The molecule has 0 aliphatic heterocycles. The Morgan fingerprint density at radius 2 is 1.67 bits per heavy atom. The molecule has 0 saturated carbocycles. The van der Waals surface area contributed by atoms with Crippen LogP contribution in [0.2, 0.25) is 0 Å². The predicted octanol–water partition coefficient (Wildman–Crippen LogP) is 2.63. The van der Waals surface area contributed by atoms with Gasteiger partial charge in [-0.3, -0.25) is 9.10 Å². The van der Waals surface area contributed by atoms with Crippen LogP contribution < -0.4 is 9.62 Å². The molecule has 0 aliphatic carbocycles. The van der Waals surface area contributed by atoms with Crippen LogP contribution in [0.3, 0.4) is 0 Å². The van der Waals surface area contributed by atoms with E-state index < -0.39 is 10.0 Å². The number of nitrogens with zero attached hydrogens (tertiary/aromatic N) is 1. The fraction of sp³-hybridized carbons (Fsp3) is 0.278. The summed E-state index contributed by atoms with van der Waals surface area (Å²) in [6.07, 6.45) is 1.20. The Balaban J connectivity index is 2.33. The SMILES string of the molecule is CNC(=O)c1ccc(CN(c2ccc(C)c(C)c2)S(C)(=O)=O)cc1. The van der Waals surface area contributed by atoms with E-state index in [1.807, 2.05) is 32.0 Å². The molecule has 0 bridgehead atoms. The molecule has 5 nitrogen and oxygen atoms in total. The fourth-order valence-electron chi connectivity index (χ4n) is 2.35. The van der Waals surface area contributed by atoms with Crippen LogP contribution in [0.4, 0.5) is 5.69 Å². The van der Waals surface area contributed by atoms with Crippen LogP contribution in [-0.4, -0.2) is 27.6 Å². The molecular formula is C18H22N2O3S. The summed E-state index contributed by atoms with van der Waals surface area (Å²) in [5, 5.41) is 2.56. The molecule has 6 heteroatoms. The smallest absolute Gasteiger partial charge is 0.251 e. The van der Waals surface area contributed by atoms with Gasteiger partial charge in [-0.2, -0.15) is 0 Å². The van der Waals surface area contributed by atoms with Gasteiger partial charge in [0.05, 0.1) is 18.5 Å². The van der Waals surface area contributed by atoms with E-state index in [1.54, 1.807) is 31.3 Å². The molecule has 2 aromatic rings. The lowest BCUT2D eigenvalue weighted by Crippen LogP contribution is -2.29. The van der Waals surface area contributed by atoms with E-state index in [4.69, 9.17) is 0 Å². The van der Waals surface area contributed by atoms with Gasteiger partial charge in [-0.1, -0.05) is 18.2 Å². The molecule has 24 heavy (non-hydrogen) atoms. The number of nitrogens with one attached hydrogen (secondary N) is 1. The third-order valence-electron chi connectivity index (χ3n) is 3.95. The van der Waals surface area contributed by atoms with Crippen molar-refractivity contribution in [3.63, 3.8) is 0 Å². The Kier molecular flexibility index (Phi) is 5.29. The standard InChI is InChI=1S/C18H22N2O3S/c1-13-5-10-17(11-14(13)2)20(24(4,22)23)12-15-6-8-16(9-7-15)18(21)19-3/h5-11H,12H2,1-4H3,(H,19,21). The molecule has 0 saturated heterocycles. The third kappa shape index (κ3) is 4.14. The summed E-state index contributed by atoms with van der Waals surface area (Å²) in [5.74, 6) is -0.171. The maximum atomic E-state index is 12.2. The van der Waals surface area contributed by atoms with Gasteiger partial charge in [-0.25, -0.2) is 8.42 Å². The molecule has 0 atom stereocenters. The van der Waals surface area contributed by atoms with Crippen molar-refractivity contribution in [2.24, 2.45) is 0 Å². The van der Waals surface area contributed by atoms with Gasteiger partial charge in [-0.05, 0) is 54.8 Å². The first-order valence-corrected chi connectivity index (χ1v) is 9.43. The molecule has 0 unspecified atom stereocenters. The van der Waals surface area contributed by atoms with Crippen molar-refractivity contribution in [2.45, 2.75) is 20.4 Å². The quantitative estimate of drug-likeness (QED) is 0.905. The maximum absolute atomic E-state index is 12.2. The normalized spacial score (nSPS) is 11.2. The fourth-order valence-corrected chi connectivity index (χ4v) is 3.23. The number of carbonyl (C=O) groups is 1. The number of rotatable bonds is 5. The summed E-state index contributed by atoms with van der Waals surface area (Å²) >= 11 is 0. The van der Waals surface area contributed by atoms with E-state index in [1.165, 1.54) is 10.6 Å². The Labute approximate surface area is 143 Å². The van der Waals surface area contributed by atoms with Crippen LogP contribution >= 0.6 is 0 Å². The van der Waals surface area contributed by atoms with Crippen molar-refractivity contribution >= 4 is 21.6 Å². The van der Waals surface area contributed by atoms with Gasteiger partial charge in [-0.15, -0.1) is 0 Å². The van der Waals surface area contributed by atoms with Crippen LogP contribution in [0, 0.1) is 13.8 Å². The molecule has 0 aromatic heterocycles. The first kappa shape index (κ1) is 18.0. The van der Waals surface area contributed by atoms with Crippen LogP contribution in [0.25, 0.3) is 0 Å². The van der Waals surface area contributed by atoms with Gasteiger partial charge in [0.2, 0.25) is 10.0 Å². The van der Waals surface area contributed by atoms with Crippen LogP contribution in [0.1, 0.15) is 27.0 Å². The van der Waals surface area contributed by atoms with Crippen molar-refractivity contribution in [2.75, 3.05) is 17.6 Å². The molecule has 0 fully saturated rings. The molecule has 0 spiro atoms. The number of anilines is 1. The number of benzene rings is 2. The summed E-state index contributed by atoms with van der Waals surface area (Å²) in [7, 11) is -1.85. The van der Waals surface area contributed by atoms with Gasteiger partial charge in [0.1, 0.15) is 0 Å². The summed E-state index contributed by atoms with van der Waals surface area (Å²) in [6.45, 7) is 4.16. The number of amides is 1. The average molecular weight is 346 g/mol. The zero-order valence-corrected chi connectivity index (χ0v) is 15.1. The molecule has 0 aliphatic rings. The maximum Gasteiger partial charge on any atom is 0.251 e. The van der Waals surface area contributed by atoms with Crippen molar-refractivity contribution < 1.29 is 13.2 Å². The highest BCUT2D eigenvalue weighted by Gasteiger charge is 2.18. The lowest BCUT2D eigenvalue weighted by molar-refractivity contribution is 0.0963. The number of aryl methyl sites for hydroxylation is 2. The topological polar surface area (TPSA) is 66.5 Å². The van der Waals surface area contributed by atoms with Gasteiger partial charge in [0.15, 0.2) is 0 Å². The van der Waals surface area contributed by atoms with E-state index in [9.17, 15) is 13.2 Å². The monoisotopic (exact) mass is 346 g/mol. The summed E-state index contributed by atoms with van der Waals surface area (Å²) in [6, 6.07) is 12.5. The molecule has 0 radical (unpaired) electrons. The number of hydrogen-bond acceptors (Lipinski definition) is 3. The van der Waals surface area contributed by atoms with Crippen LogP contribution in [0.5, 0.6) is 0 Å². The van der Waals surface area contributed by atoms with Gasteiger partial charge >= 0.3 is 0 Å². The van der Waals surface area contributed by atoms with E-state index in [0.29, 0.717) is 11.3 Å². The molecule has 128 valence electrons. The van der Waals surface area contributed by atoms with E-state index in [2.05, 4.69) is 5.32 Å². The van der Waals surface area contributed by atoms with E-state index in [-0.39, 0.29) is 12.5 Å². The lowest BCUT2D eigenvalue weighted by atomic mass is 10.1. The minimum Gasteiger partial charge on any atom is -0.355 e. The summed E-state index contributed by atoms with van der Waals surface area (Å²) < 4.78 is 25.8.